The second-order valence-corrected chi connectivity index (χ2v) is 8.65. The summed E-state index contributed by atoms with van der Waals surface area (Å²) in [6.07, 6.45) is 3.09. The summed E-state index contributed by atoms with van der Waals surface area (Å²) >= 11 is 0. The topological polar surface area (TPSA) is 112 Å². The molecule has 1 aliphatic carbocycles. The second kappa shape index (κ2) is 7.75. The van der Waals surface area contributed by atoms with Gasteiger partial charge in [-0.1, -0.05) is 13.8 Å². The third-order valence-electron chi connectivity index (χ3n) is 5.59. The molecule has 0 atom stereocenters. The van der Waals surface area contributed by atoms with Crippen LogP contribution >= 0.6 is 0 Å². The van der Waals surface area contributed by atoms with E-state index in [4.69, 9.17) is 0 Å². The van der Waals surface area contributed by atoms with Crippen molar-refractivity contribution in [3.05, 3.63) is 27.7 Å². The minimum Gasteiger partial charge on any atom is -0.492 e. The Balaban J connectivity index is 1.83. The Hall–Kier alpha value is -2.88. The zero-order valence-corrected chi connectivity index (χ0v) is 17.6. The van der Waals surface area contributed by atoms with E-state index >= 15 is 0 Å². The molecule has 0 radical (unpaired) electrons. The van der Waals surface area contributed by atoms with Gasteiger partial charge in [0.25, 0.3) is 17.4 Å². The van der Waals surface area contributed by atoms with Gasteiger partial charge in [0.1, 0.15) is 5.56 Å². The lowest BCUT2D eigenvalue weighted by molar-refractivity contribution is 0.0665. The predicted octanol–water partition coefficient (Wildman–Crippen LogP) is 0.137. The van der Waals surface area contributed by atoms with Crippen LogP contribution in [-0.4, -0.2) is 80.2 Å². The van der Waals surface area contributed by atoms with E-state index < -0.39 is 17.3 Å². The standard InChI is InChI=1S/C20H28N6O4/c1-12(2)11-25-17-14(18(28)24-8-6-23(3)7-9-24)10-21-26(17)20(30)15(19(25)29)16(27)22-13-4-5-13/h10,12-13,30H,4-9,11H2,1-3H3,(H,22,27). The molecule has 0 aromatic carbocycles. The van der Waals surface area contributed by atoms with Crippen LogP contribution in [0.2, 0.25) is 0 Å². The molecule has 4 rings (SSSR count). The molecule has 2 aromatic heterocycles. The zero-order valence-electron chi connectivity index (χ0n) is 17.6. The number of aromatic hydroxyl groups is 1. The number of hydrogen-bond donors (Lipinski definition) is 2. The third-order valence-corrected chi connectivity index (χ3v) is 5.59. The quantitative estimate of drug-likeness (QED) is 0.717. The molecular formula is C20H28N6O4. The normalized spacial score (nSPS) is 17.7. The Kier molecular flexibility index (Phi) is 5.27. The van der Waals surface area contributed by atoms with Crippen molar-refractivity contribution in [2.45, 2.75) is 39.3 Å². The predicted molar refractivity (Wildman–Crippen MR) is 110 cm³/mol. The Morgan fingerprint density at radius 1 is 1.23 bits per heavy atom. The van der Waals surface area contributed by atoms with E-state index in [2.05, 4.69) is 15.3 Å². The molecule has 1 saturated carbocycles. The number of carbonyl (C=O) groups is 2. The third kappa shape index (κ3) is 3.67. The van der Waals surface area contributed by atoms with E-state index in [0.29, 0.717) is 19.6 Å². The van der Waals surface area contributed by atoms with Gasteiger partial charge in [0, 0.05) is 38.8 Å². The lowest BCUT2D eigenvalue weighted by atomic mass is 10.2. The van der Waals surface area contributed by atoms with Crippen molar-refractivity contribution < 1.29 is 14.7 Å². The highest BCUT2D eigenvalue weighted by Crippen LogP contribution is 2.24. The molecule has 1 saturated heterocycles. The van der Waals surface area contributed by atoms with Crippen LogP contribution in [0, 0.1) is 5.92 Å². The largest absolute Gasteiger partial charge is 0.492 e. The fourth-order valence-electron chi connectivity index (χ4n) is 3.74. The molecule has 0 bridgehead atoms. The second-order valence-electron chi connectivity index (χ2n) is 8.65. The van der Waals surface area contributed by atoms with Crippen LogP contribution in [0.4, 0.5) is 0 Å². The number of rotatable bonds is 5. The SMILES string of the molecule is CC(C)Cn1c(=O)c(C(=O)NC2CC2)c(O)n2ncc(C(=O)N3CCN(C)CC3)c12. The van der Waals surface area contributed by atoms with Gasteiger partial charge >= 0.3 is 0 Å². The lowest BCUT2D eigenvalue weighted by Gasteiger charge is -2.32. The molecule has 2 aromatic rings. The van der Waals surface area contributed by atoms with Gasteiger partial charge in [-0.3, -0.25) is 19.0 Å². The number of piperazine rings is 1. The molecule has 1 aliphatic heterocycles. The summed E-state index contributed by atoms with van der Waals surface area (Å²) in [6.45, 7) is 6.86. The van der Waals surface area contributed by atoms with Gasteiger partial charge in [0.15, 0.2) is 11.2 Å². The summed E-state index contributed by atoms with van der Waals surface area (Å²) in [7, 11) is 2.00. The number of aromatic nitrogens is 3. The summed E-state index contributed by atoms with van der Waals surface area (Å²) in [6, 6.07) is 0.0394. The molecule has 3 heterocycles. The number of hydrogen-bond acceptors (Lipinski definition) is 6. The highest BCUT2D eigenvalue weighted by molar-refractivity contribution is 6.01. The highest BCUT2D eigenvalue weighted by Gasteiger charge is 2.32. The number of likely N-dealkylation sites (N-methyl/N-ethyl adjacent to an activating group) is 1. The first-order chi connectivity index (χ1) is 14.3. The smallest absolute Gasteiger partial charge is 0.270 e. The molecule has 162 valence electrons. The summed E-state index contributed by atoms with van der Waals surface area (Å²) in [5.41, 5.74) is -0.476. The monoisotopic (exact) mass is 416 g/mol. The van der Waals surface area contributed by atoms with Gasteiger partial charge in [-0.2, -0.15) is 9.61 Å². The maximum Gasteiger partial charge on any atom is 0.270 e. The number of amides is 2. The van der Waals surface area contributed by atoms with E-state index in [1.807, 2.05) is 20.9 Å². The lowest BCUT2D eigenvalue weighted by Crippen LogP contribution is -2.47. The van der Waals surface area contributed by atoms with Gasteiger partial charge in [-0.15, -0.1) is 0 Å². The molecule has 10 nitrogen and oxygen atoms in total. The zero-order chi connectivity index (χ0) is 21.6. The maximum atomic E-state index is 13.2. The van der Waals surface area contributed by atoms with E-state index in [1.54, 1.807) is 4.90 Å². The molecule has 0 unspecified atom stereocenters. The van der Waals surface area contributed by atoms with Gasteiger partial charge in [0.2, 0.25) is 5.88 Å². The van der Waals surface area contributed by atoms with Crippen molar-refractivity contribution in [1.29, 1.82) is 0 Å². The van der Waals surface area contributed by atoms with E-state index in [0.717, 1.165) is 30.4 Å². The van der Waals surface area contributed by atoms with E-state index in [1.165, 1.54) is 10.8 Å². The van der Waals surface area contributed by atoms with E-state index in [9.17, 15) is 19.5 Å². The van der Waals surface area contributed by atoms with Gasteiger partial charge < -0.3 is 20.2 Å². The molecule has 2 aliphatic rings. The van der Waals surface area contributed by atoms with E-state index in [-0.39, 0.29) is 34.6 Å². The van der Waals surface area contributed by atoms with Gasteiger partial charge in [0.05, 0.1) is 6.20 Å². The summed E-state index contributed by atoms with van der Waals surface area (Å²) in [5.74, 6) is -1.30. The molecule has 2 amide bonds. The van der Waals surface area contributed by atoms with Crippen LogP contribution in [0.25, 0.3) is 5.65 Å². The van der Waals surface area contributed by atoms with Crippen molar-refractivity contribution >= 4 is 17.5 Å². The molecular weight excluding hydrogens is 388 g/mol. The Bertz CT molecular complexity index is 1040. The van der Waals surface area contributed by atoms with Crippen molar-refractivity contribution in [1.82, 2.24) is 29.3 Å². The molecule has 30 heavy (non-hydrogen) atoms. The Labute approximate surface area is 174 Å². The Morgan fingerprint density at radius 3 is 2.50 bits per heavy atom. The van der Waals surface area contributed by atoms with Crippen LogP contribution in [0.15, 0.2) is 11.0 Å². The summed E-state index contributed by atoms with van der Waals surface area (Å²) in [5, 5.41) is 17.6. The summed E-state index contributed by atoms with van der Waals surface area (Å²) in [4.78, 5) is 42.9. The van der Waals surface area contributed by atoms with Gasteiger partial charge in [-0.25, -0.2) is 0 Å². The minimum absolute atomic E-state index is 0.0394. The minimum atomic E-state index is -0.611. The molecule has 0 spiro atoms. The maximum absolute atomic E-state index is 13.2. The number of nitrogens with one attached hydrogen (secondary N) is 1. The highest BCUT2D eigenvalue weighted by atomic mass is 16.3. The van der Waals surface area contributed by atoms with Crippen LogP contribution in [-0.2, 0) is 6.54 Å². The van der Waals surface area contributed by atoms with Crippen LogP contribution in [0.1, 0.15) is 47.4 Å². The van der Waals surface area contributed by atoms with Crippen molar-refractivity contribution in [3.8, 4) is 5.88 Å². The Morgan fingerprint density at radius 2 is 1.90 bits per heavy atom. The molecule has 10 heteroatoms. The fourth-order valence-corrected chi connectivity index (χ4v) is 3.74. The first-order valence-corrected chi connectivity index (χ1v) is 10.4. The number of fused-ring (bicyclic) bond motifs is 1. The summed E-state index contributed by atoms with van der Waals surface area (Å²) < 4.78 is 2.53. The fraction of sp³-hybridized carbons (Fsp3) is 0.600. The van der Waals surface area contributed by atoms with Crippen LogP contribution in [0.3, 0.4) is 0 Å². The first-order valence-electron chi connectivity index (χ1n) is 10.4. The van der Waals surface area contributed by atoms with Crippen LogP contribution < -0.4 is 10.9 Å². The van der Waals surface area contributed by atoms with Crippen molar-refractivity contribution in [3.63, 3.8) is 0 Å². The average Bonchev–Trinajstić information content (AvgIpc) is 3.39. The van der Waals surface area contributed by atoms with Crippen LogP contribution in [0.5, 0.6) is 5.88 Å². The number of nitrogens with zero attached hydrogens (tertiary/aromatic N) is 5. The molecule has 2 fully saturated rings. The first kappa shape index (κ1) is 20.4. The number of carbonyl (C=O) groups excluding carboxylic acids is 2. The average molecular weight is 416 g/mol. The van der Waals surface area contributed by atoms with Gasteiger partial charge in [-0.05, 0) is 25.8 Å². The van der Waals surface area contributed by atoms with Crippen molar-refractivity contribution in [2.24, 2.45) is 5.92 Å². The molecule has 2 N–H and O–H groups in total. The van der Waals surface area contributed by atoms with Crippen molar-refractivity contribution in [2.75, 3.05) is 33.2 Å².